The van der Waals surface area contributed by atoms with E-state index in [0.717, 1.165) is 83.5 Å². The summed E-state index contributed by atoms with van der Waals surface area (Å²) >= 11 is 0. The Kier molecular flexibility index (Phi) is 38.3. The highest BCUT2D eigenvalue weighted by Gasteiger charge is 2.26. The summed E-state index contributed by atoms with van der Waals surface area (Å²) in [5, 5.41) is 0. The molecular weight excluding hydrogens is 721 g/mol. The maximum Gasteiger partial charge on any atom is 0.472 e. The average Bonchev–Trinajstić information content (AvgIpc) is 3.15. The van der Waals surface area contributed by atoms with Gasteiger partial charge in [0.15, 0.2) is 0 Å². The molecular formula is C47H85NO7P+. The van der Waals surface area contributed by atoms with E-state index in [1.54, 1.807) is 0 Å². The fraction of sp³-hybridized carbons (Fsp3) is 0.723. The first-order valence-corrected chi connectivity index (χ1v) is 23.7. The summed E-state index contributed by atoms with van der Waals surface area (Å²) in [6.07, 6.45) is 50.8. The number of phosphoric ester groups is 1. The topological polar surface area (TPSA) is 91.3 Å². The summed E-state index contributed by atoms with van der Waals surface area (Å²) in [6.45, 7) is 5.38. The number of unbranched alkanes of at least 4 members (excludes halogenated alkanes) is 14. The van der Waals surface area contributed by atoms with Crippen molar-refractivity contribution in [3.63, 3.8) is 0 Å². The molecule has 324 valence electrons. The lowest BCUT2D eigenvalue weighted by molar-refractivity contribution is -0.870. The second-order valence-corrected chi connectivity index (χ2v) is 17.1. The summed E-state index contributed by atoms with van der Waals surface area (Å²) in [6, 6.07) is 0. The van der Waals surface area contributed by atoms with Gasteiger partial charge in [0.1, 0.15) is 19.3 Å². The van der Waals surface area contributed by atoms with E-state index < -0.39 is 13.9 Å². The van der Waals surface area contributed by atoms with Gasteiger partial charge in [0, 0.05) is 13.0 Å². The fourth-order valence-electron chi connectivity index (χ4n) is 5.57. The van der Waals surface area contributed by atoms with Gasteiger partial charge in [0.05, 0.1) is 34.4 Å². The van der Waals surface area contributed by atoms with Crippen LogP contribution in [0.3, 0.4) is 0 Å². The van der Waals surface area contributed by atoms with Crippen LogP contribution in [0, 0.1) is 0 Å². The molecule has 1 N–H and O–H groups in total. The van der Waals surface area contributed by atoms with Crippen molar-refractivity contribution in [2.75, 3.05) is 54.1 Å². The summed E-state index contributed by atoms with van der Waals surface area (Å²) in [5.41, 5.74) is 0. The van der Waals surface area contributed by atoms with Crippen molar-refractivity contribution in [2.24, 2.45) is 0 Å². The number of hydrogen-bond donors (Lipinski definition) is 1. The highest BCUT2D eigenvalue weighted by Crippen LogP contribution is 2.43. The third-order valence-electron chi connectivity index (χ3n) is 9.00. The molecule has 56 heavy (non-hydrogen) atoms. The van der Waals surface area contributed by atoms with E-state index in [9.17, 15) is 14.3 Å². The van der Waals surface area contributed by atoms with Crippen LogP contribution in [-0.2, 0) is 27.9 Å². The summed E-state index contributed by atoms with van der Waals surface area (Å²) in [5.74, 6) is -0.336. The molecule has 2 atom stereocenters. The van der Waals surface area contributed by atoms with Gasteiger partial charge in [0.25, 0.3) is 0 Å². The highest BCUT2D eigenvalue weighted by molar-refractivity contribution is 7.47. The standard InChI is InChI=1S/C47H84NO7P/c1-6-8-10-12-14-16-18-20-22-24-25-26-28-30-32-34-36-38-40-47(49)55-46(45-54-56(50,51)53-43-41-48(3,4)5)44-52-42-39-37-35-33-31-29-27-23-21-19-17-15-13-11-9-7-2/h9,11,15-18,21-24,29,31,46H,6-8,10,12-14,19-20,25-28,30,32-45H2,1-5H3/p+1/b11-9-,17-15-,18-16-,23-21-,24-22-,31-29-. The lowest BCUT2D eigenvalue weighted by atomic mass is 10.1. The van der Waals surface area contributed by atoms with Crippen molar-refractivity contribution in [3.05, 3.63) is 72.9 Å². The lowest BCUT2D eigenvalue weighted by Crippen LogP contribution is -2.37. The van der Waals surface area contributed by atoms with Crippen LogP contribution in [0.2, 0.25) is 0 Å². The van der Waals surface area contributed by atoms with Crippen LogP contribution >= 0.6 is 7.82 Å². The monoisotopic (exact) mass is 807 g/mol. The van der Waals surface area contributed by atoms with Crippen LogP contribution in [0.4, 0.5) is 0 Å². The zero-order valence-electron chi connectivity index (χ0n) is 36.6. The maximum atomic E-state index is 12.7. The number of likely N-dealkylation sites (N-methyl/N-ethyl adjacent to an activating group) is 1. The molecule has 9 heteroatoms. The number of rotatable bonds is 40. The Morgan fingerprint density at radius 2 is 1.04 bits per heavy atom. The van der Waals surface area contributed by atoms with Gasteiger partial charge in [-0.25, -0.2) is 4.57 Å². The Labute approximate surface area is 344 Å². The zero-order chi connectivity index (χ0) is 41.3. The number of carbonyl (C=O) groups excluding carboxylic acids is 1. The zero-order valence-corrected chi connectivity index (χ0v) is 37.5. The van der Waals surface area contributed by atoms with Crippen molar-refractivity contribution >= 4 is 13.8 Å². The van der Waals surface area contributed by atoms with Crippen LogP contribution in [-0.4, -0.2) is 75.6 Å². The fourth-order valence-corrected chi connectivity index (χ4v) is 6.31. The number of esters is 1. The molecule has 0 aliphatic rings. The molecule has 0 aromatic rings. The van der Waals surface area contributed by atoms with E-state index >= 15 is 0 Å². The van der Waals surface area contributed by atoms with Crippen LogP contribution < -0.4 is 0 Å². The minimum atomic E-state index is -4.29. The molecule has 0 heterocycles. The molecule has 0 saturated heterocycles. The molecule has 0 fully saturated rings. The summed E-state index contributed by atoms with van der Waals surface area (Å²) in [7, 11) is 1.63. The van der Waals surface area contributed by atoms with Crippen molar-refractivity contribution in [2.45, 2.75) is 168 Å². The highest BCUT2D eigenvalue weighted by atomic mass is 31.2. The largest absolute Gasteiger partial charge is 0.472 e. The molecule has 0 aliphatic heterocycles. The molecule has 0 aliphatic carbocycles. The van der Waals surface area contributed by atoms with Crippen LogP contribution in [0.1, 0.15) is 162 Å². The SMILES string of the molecule is CC/C=C\C/C=C\C/C=C\C/C=C\CCCCCOCC(COP(=O)(O)OCC[N+](C)(C)C)OC(=O)CCCCCCCCC/C=C\C/C=C\CCCCCC. The molecule has 0 rings (SSSR count). The van der Waals surface area contributed by atoms with E-state index in [1.807, 2.05) is 21.1 Å². The molecule has 0 aromatic heterocycles. The van der Waals surface area contributed by atoms with Gasteiger partial charge in [0.2, 0.25) is 0 Å². The normalized spacial score (nSPS) is 14.5. The minimum Gasteiger partial charge on any atom is -0.457 e. The predicted octanol–water partition coefficient (Wildman–Crippen LogP) is 13.1. The Bertz CT molecular complexity index is 1120. The molecule has 0 radical (unpaired) electrons. The van der Waals surface area contributed by atoms with Gasteiger partial charge in [-0.05, 0) is 83.5 Å². The van der Waals surface area contributed by atoms with Crippen molar-refractivity contribution < 1.29 is 37.3 Å². The Morgan fingerprint density at radius 3 is 1.55 bits per heavy atom. The van der Waals surface area contributed by atoms with Gasteiger partial charge in [-0.15, -0.1) is 0 Å². The van der Waals surface area contributed by atoms with E-state index in [2.05, 4.69) is 86.8 Å². The number of hydrogen-bond acceptors (Lipinski definition) is 6. The molecule has 0 bridgehead atoms. The summed E-state index contributed by atoms with van der Waals surface area (Å²) in [4.78, 5) is 22.9. The maximum absolute atomic E-state index is 12.7. The van der Waals surface area contributed by atoms with Crippen molar-refractivity contribution in [3.8, 4) is 0 Å². The first kappa shape index (κ1) is 53.9. The van der Waals surface area contributed by atoms with E-state index in [1.165, 1.54) is 57.8 Å². The average molecular weight is 807 g/mol. The second kappa shape index (κ2) is 39.8. The first-order valence-electron chi connectivity index (χ1n) is 22.2. The number of quaternary nitrogens is 1. The number of phosphoric acid groups is 1. The Hall–Kier alpha value is -2.06. The third kappa shape index (κ3) is 43.1. The summed E-state index contributed by atoms with van der Waals surface area (Å²) < 4.78 is 35.0. The van der Waals surface area contributed by atoms with Gasteiger partial charge < -0.3 is 18.9 Å². The van der Waals surface area contributed by atoms with Crippen molar-refractivity contribution in [1.29, 1.82) is 0 Å². The third-order valence-corrected chi connectivity index (χ3v) is 9.99. The first-order chi connectivity index (χ1) is 27.1. The smallest absolute Gasteiger partial charge is 0.457 e. The quantitative estimate of drug-likeness (QED) is 0.0217. The van der Waals surface area contributed by atoms with Gasteiger partial charge in [-0.3, -0.25) is 13.8 Å². The Balaban J connectivity index is 4.32. The van der Waals surface area contributed by atoms with Crippen LogP contribution in [0.15, 0.2) is 72.9 Å². The number of ether oxygens (including phenoxy) is 2. The number of allylic oxidation sites excluding steroid dienone is 12. The van der Waals surface area contributed by atoms with Crippen LogP contribution in [0.25, 0.3) is 0 Å². The van der Waals surface area contributed by atoms with Gasteiger partial charge in [-0.2, -0.15) is 0 Å². The number of carbonyl (C=O) groups is 1. The molecule has 0 saturated carbocycles. The molecule has 2 unspecified atom stereocenters. The molecule has 8 nitrogen and oxygen atoms in total. The lowest BCUT2D eigenvalue weighted by Gasteiger charge is -2.24. The predicted molar refractivity (Wildman–Crippen MR) is 238 cm³/mol. The Morgan fingerprint density at radius 1 is 0.571 bits per heavy atom. The van der Waals surface area contributed by atoms with Gasteiger partial charge in [-0.1, -0.05) is 145 Å². The number of nitrogens with zero attached hydrogens (tertiary/aromatic N) is 1. The van der Waals surface area contributed by atoms with Gasteiger partial charge >= 0.3 is 13.8 Å². The second-order valence-electron chi connectivity index (χ2n) is 15.7. The minimum absolute atomic E-state index is 0.0768. The van der Waals surface area contributed by atoms with E-state index in [0.29, 0.717) is 24.1 Å². The van der Waals surface area contributed by atoms with E-state index in [4.69, 9.17) is 18.5 Å². The molecule has 0 amide bonds. The molecule has 0 spiro atoms. The molecule has 0 aromatic carbocycles. The van der Waals surface area contributed by atoms with Crippen molar-refractivity contribution in [1.82, 2.24) is 0 Å². The van der Waals surface area contributed by atoms with Crippen LogP contribution in [0.5, 0.6) is 0 Å². The van der Waals surface area contributed by atoms with E-state index in [-0.39, 0.29) is 25.8 Å².